The van der Waals surface area contributed by atoms with Crippen LogP contribution in [0.5, 0.6) is 5.75 Å². The van der Waals surface area contributed by atoms with E-state index >= 15 is 0 Å². The monoisotopic (exact) mass is 408 g/mol. The molecular formula is C15H13BrN4O5. The van der Waals surface area contributed by atoms with E-state index in [4.69, 9.17) is 4.74 Å². The molecule has 0 atom stereocenters. The van der Waals surface area contributed by atoms with Crippen LogP contribution in [0.3, 0.4) is 0 Å². The van der Waals surface area contributed by atoms with E-state index in [0.717, 1.165) is 16.6 Å². The first-order valence-electron chi connectivity index (χ1n) is 7.06. The highest BCUT2D eigenvalue weighted by Gasteiger charge is 2.19. The summed E-state index contributed by atoms with van der Waals surface area (Å²) in [6, 6.07) is 8.64. The highest BCUT2D eigenvalue weighted by Crippen LogP contribution is 2.29. The molecule has 0 aliphatic rings. The standard InChI is InChI=1S/C15H13BrN4O5/c1-2-25-15-6-3-11(16)7-10(15)9-17-18-13-5-4-12(19(21)22)8-14(13)20(23)24/h3-9,18H,2H2,1H3/b17-9-. The van der Waals surface area contributed by atoms with Crippen LogP contribution in [0.15, 0.2) is 46.0 Å². The molecule has 2 aromatic rings. The Morgan fingerprint density at radius 3 is 2.60 bits per heavy atom. The van der Waals surface area contributed by atoms with Gasteiger partial charge in [-0.2, -0.15) is 5.10 Å². The van der Waals surface area contributed by atoms with Gasteiger partial charge in [0.05, 0.1) is 28.7 Å². The molecule has 9 nitrogen and oxygen atoms in total. The first-order chi connectivity index (χ1) is 11.9. The highest BCUT2D eigenvalue weighted by atomic mass is 79.9. The van der Waals surface area contributed by atoms with Crippen LogP contribution in [0.2, 0.25) is 0 Å². The van der Waals surface area contributed by atoms with Crippen molar-refractivity contribution in [3.05, 3.63) is 66.7 Å². The van der Waals surface area contributed by atoms with Gasteiger partial charge in [0, 0.05) is 16.1 Å². The molecule has 0 unspecified atom stereocenters. The van der Waals surface area contributed by atoms with E-state index in [2.05, 4.69) is 26.5 Å². The largest absolute Gasteiger partial charge is 0.493 e. The molecule has 1 N–H and O–H groups in total. The minimum absolute atomic E-state index is 0.0415. The number of halogens is 1. The van der Waals surface area contributed by atoms with E-state index in [1.807, 2.05) is 13.0 Å². The molecule has 130 valence electrons. The lowest BCUT2D eigenvalue weighted by Gasteiger charge is -2.07. The minimum Gasteiger partial charge on any atom is -0.493 e. The fraction of sp³-hybridized carbons (Fsp3) is 0.133. The molecule has 10 heteroatoms. The Hall–Kier alpha value is -3.01. The number of hydrogen-bond acceptors (Lipinski definition) is 7. The van der Waals surface area contributed by atoms with Crippen LogP contribution in [0.4, 0.5) is 17.1 Å². The number of hydrazone groups is 1. The SMILES string of the molecule is CCOc1ccc(Br)cc1/C=N\Nc1ccc([N+](=O)[O-])cc1[N+](=O)[O-]. The molecule has 0 aliphatic heterocycles. The normalized spacial score (nSPS) is 10.6. The Kier molecular flexibility index (Phi) is 6.01. The van der Waals surface area contributed by atoms with E-state index in [1.165, 1.54) is 12.3 Å². The van der Waals surface area contributed by atoms with Crippen LogP contribution in [0.1, 0.15) is 12.5 Å². The molecular weight excluding hydrogens is 396 g/mol. The van der Waals surface area contributed by atoms with Crippen LogP contribution in [-0.2, 0) is 0 Å². The third kappa shape index (κ3) is 4.73. The van der Waals surface area contributed by atoms with Crippen molar-refractivity contribution in [1.82, 2.24) is 0 Å². The Labute approximate surface area is 150 Å². The third-order valence-electron chi connectivity index (χ3n) is 3.05. The van der Waals surface area contributed by atoms with Crippen LogP contribution in [0, 0.1) is 20.2 Å². The number of nitro benzene ring substituents is 2. The summed E-state index contributed by atoms with van der Waals surface area (Å²) in [5.74, 6) is 0.606. The number of hydrogen-bond donors (Lipinski definition) is 1. The first kappa shape index (κ1) is 18.3. The lowest BCUT2D eigenvalue weighted by atomic mass is 10.2. The van der Waals surface area contributed by atoms with Gasteiger partial charge in [-0.3, -0.25) is 25.7 Å². The summed E-state index contributed by atoms with van der Waals surface area (Å²) in [5, 5.41) is 25.8. The van der Waals surface area contributed by atoms with Gasteiger partial charge in [-0.15, -0.1) is 0 Å². The van der Waals surface area contributed by atoms with Crippen molar-refractivity contribution in [3.8, 4) is 5.75 Å². The van der Waals surface area contributed by atoms with Gasteiger partial charge in [0.1, 0.15) is 11.4 Å². The molecule has 0 saturated heterocycles. The summed E-state index contributed by atoms with van der Waals surface area (Å²) in [6.45, 7) is 2.32. The van der Waals surface area contributed by atoms with Crippen LogP contribution in [0.25, 0.3) is 0 Å². The fourth-order valence-electron chi connectivity index (χ4n) is 1.96. The predicted molar refractivity (Wildman–Crippen MR) is 96.3 cm³/mol. The summed E-state index contributed by atoms with van der Waals surface area (Å²) < 4.78 is 6.29. The van der Waals surface area contributed by atoms with Crippen LogP contribution >= 0.6 is 15.9 Å². The molecule has 2 aromatic carbocycles. The maximum absolute atomic E-state index is 11.1. The molecule has 0 bridgehead atoms. The smallest absolute Gasteiger partial charge is 0.301 e. The molecule has 0 aromatic heterocycles. The number of non-ortho nitro benzene ring substituents is 1. The van der Waals surface area contributed by atoms with E-state index in [1.54, 1.807) is 12.1 Å². The summed E-state index contributed by atoms with van der Waals surface area (Å²) in [4.78, 5) is 20.4. The van der Waals surface area contributed by atoms with E-state index in [-0.39, 0.29) is 11.4 Å². The minimum atomic E-state index is -0.713. The van der Waals surface area contributed by atoms with Gasteiger partial charge in [0.2, 0.25) is 0 Å². The molecule has 0 spiro atoms. The molecule has 0 heterocycles. The average molecular weight is 409 g/mol. The Morgan fingerprint density at radius 1 is 1.20 bits per heavy atom. The third-order valence-corrected chi connectivity index (χ3v) is 3.54. The molecule has 0 aliphatic carbocycles. The molecule has 0 radical (unpaired) electrons. The lowest BCUT2D eigenvalue weighted by Crippen LogP contribution is -2.00. The zero-order valence-corrected chi connectivity index (χ0v) is 14.6. The predicted octanol–water partition coefficient (Wildman–Crippen LogP) is 4.11. The van der Waals surface area contributed by atoms with Crippen molar-refractivity contribution in [1.29, 1.82) is 0 Å². The summed E-state index contributed by atoms with van der Waals surface area (Å²) in [7, 11) is 0. The van der Waals surface area contributed by atoms with Crippen molar-refractivity contribution < 1.29 is 14.6 Å². The van der Waals surface area contributed by atoms with Crippen LogP contribution < -0.4 is 10.2 Å². The maximum Gasteiger partial charge on any atom is 0.301 e. The Morgan fingerprint density at radius 2 is 1.96 bits per heavy atom. The van der Waals surface area contributed by atoms with Crippen molar-refractivity contribution in [3.63, 3.8) is 0 Å². The summed E-state index contributed by atoms with van der Waals surface area (Å²) in [6.07, 6.45) is 1.45. The number of anilines is 1. The molecule has 25 heavy (non-hydrogen) atoms. The lowest BCUT2D eigenvalue weighted by molar-refractivity contribution is -0.393. The van der Waals surface area contributed by atoms with Gasteiger partial charge in [-0.1, -0.05) is 15.9 Å². The van der Waals surface area contributed by atoms with Gasteiger partial charge in [0.25, 0.3) is 5.69 Å². The Bertz CT molecular complexity index is 841. The van der Waals surface area contributed by atoms with E-state index in [9.17, 15) is 20.2 Å². The summed E-state index contributed by atoms with van der Waals surface area (Å²) in [5.41, 5.74) is 2.43. The second-order valence-corrected chi connectivity index (χ2v) is 5.62. The average Bonchev–Trinajstić information content (AvgIpc) is 2.57. The van der Waals surface area contributed by atoms with Gasteiger partial charge in [-0.05, 0) is 31.2 Å². The number of nitrogens with zero attached hydrogens (tertiary/aromatic N) is 3. The second-order valence-electron chi connectivity index (χ2n) is 4.70. The maximum atomic E-state index is 11.1. The van der Waals surface area contributed by atoms with Gasteiger partial charge in [-0.25, -0.2) is 0 Å². The van der Waals surface area contributed by atoms with Crippen molar-refractivity contribution in [2.24, 2.45) is 5.10 Å². The van der Waals surface area contributed by atoms with Gasteiger partial charge in [0.15, 0.2) is 0 Å². The van der Waals surface area contributed by atoms with E-state index in [0.29, 0.717) is 17.9 Å². The number of ether oxygens (including phenoxy) is 1. The quantitative estimate of drug-likeness (QED) is 0.418. The number of benzene rings is 2. The highest BCUT2D eigenvalue weighted by molar-refractivity contribution is 9.10. The van der Waals surface area contributed by atoms with Crippen molar-refractivity contribution in [2.75, 3.05) is 12.0 Å². The topological polar surface area (TPSA) is 120 Å². The second kappa shape index (κ2) is 8.20. The zero-order valence-electron chi connectivity index (χ0n) is 13.0. The van der Waals surface area contributed by atoms with Crippen molar-refractivity contribution in [2.45, 2.75) is 6.92 Å². The van der Waals surface area contributed by atoms with E-state index < -0.39 is 15.5 Å². The Balaban J connectivity index is 2.26. The number of nitrogens with one attached hydrogen (secondary N) is 1. The summed E-state index contributed by atoms with van der Waals surface area (Å²) >= 11 is 3.35. The zero-order chi connectivity index (χ0) is 18.4. The van der Waals surface area contributed by atoms with Gasteiger partial charge < -0.3 is 4.74 Å². The molecule has 2 rings (SSSR count). The van der Waals surface area contributed by atoms with Crippen molar-refractivity contribution >= 4 is 39.2 Å². The fourth-order valence-corrected chi connectivity index (χ4v) is 2.34. The van der Waals surface area contributed by atoms with Crippen LogP contribution in [-0.4, -0.2) is 22.7 Å². The molecule has 0 saturated carbocycles. The van der Waals surface area contributed by atoms with Gasteiger partial charge >= 0.3 is 5.69 Å². The number of nitro groups is 2. The molecule has 0 fully saturated rings. The first-order valence-corrected chi connectivity index (χ1v) is 7.86. The molecule has 0 amide bonds. The number of rotatable bonds is 7.